The number of nitro groups is 1. The molecule has 9 nitrogen and oxygen atoms in total. The third-order valence-electron chi connectivity index (χ3n) is 4.42. The summed E-state index contributed by atoms with van der Waals surface area (Å²) in [5.74, 6) is -1.41. The zero-order valence-electron chi connectivity index (χ0n) is 16.9. The smallest absolute Gasteiger partial charge is 0.306 e. The van der Waals surface area contributed by atoms with Crippen LogP contribution >= 0.6 is 0 Å². The second-order valence-electron chi connectivity index (χ2n) is 6.57. The first-order valence-electron chi connectivity index (χ1n) is 9.09. The molecule has 2 aromatic carbocycles. The van der Waals surface area contributed by atoms with Gasteiger partial charge in [-0.25, -0.2) is 0 Å². The number of benzene rings is 2. The Hall–Kier alpha value is -3.75. The Morgan fingerprint density at radius 1 is 1.03 bits per heavy atom. The third kappa shape index (κ3) is 6.13. The molecule has 0 saturated heterocycles. The number of nitro benzene ring substituents is 1. The Bertz CT molecular complexity index is 985. The number of hydrogen-bond donors (Lipinski definition) is 1. The van der Waals surface area contributed by atoms with Crippen molar-refractivity contribution in [2.75, 3.05) is 19.0 Å². The molecule has 0 saturated carbocycles. The number of esters is 1. The van der Waals surface area contributed by atoms with Gasteiger partial charge in [-0.05, 0) is 37.1 Å². The van der Waals surface area contributed by atoms with Gasteiger partial charge in [-0.15, -0.1) is 0 Å². The zero-order chi connectivity index (χ0) is 22.3. The summed E-state index contributed by atoms with van der Waals surface area (Å²) in [5.41, 5.74) is 2.59. The van der Waals surface area contributed by atoms with E-state index in [9.17, 15) is 24.5 Å². The van der Waals surface area contributed by atoms with Crippen LogP contribution in [0, 0.1) is 24.0 Å². The van der Waals surface area contributed by atoms with Gasteiger partial charge >= 0.3 is 5.97 Å². The first-order valence-corrected chi connectivity index (χ1v) is 9.09. The summed E-state index contributed by atoms with van der Waals surface area (Å²) in [7, 11) is 1.31. The van der Waals surface area contributed by atoms with Gasteiger partial charge in [0.2, 0.25) is 0 Å². The number of aryl methyl sites for hydroxylation is 2. The molecule has 0 aliphatic rings. The lowest BCUT2D eigenvalue weighted by atomic mass is 10.0. The van der Waals surface area contributed by atoms with Gasteiger partial charge in [0.1, 0.15) is 5.75 Å². The number of nitrogens with one attached hydrogen (secondary N) is 1. The van der Waals surface area contributed by atoms with Gasteiger partial charge in [-0.3, -0.25) is 24.5 Å². The van der Waals surface area contributed by atoms with Gasteiger partial charge in [0.25, 0.3) is 11.6 Å². The lowest BCUT2D eigenvalue weighted by Gasteiger charge is -2.10. The maximum atomic E-state index is 12.2. The Labute approximate surface area is 173 Å². The van der Waals surface area contributed by atoms with Crippen LogP contribution in [-0.4, -0.2) is 36.3 Å². The second kappa shape index (κ2) is 10.1. The number of carbonyl (C=O) groups excluding carboxylic acids is 3. The molecule has 0 unspecified atom stereocenters. The van der Waals surface area contributed by atoms with Crippen LogP contribution in [0.25, 0.3) is 0 Å². The molecular formula is C21H22N2O7. The van der Waals surface area contributed by atoms with E-state index in [1.807, 2.05) is 19.9 Å². The Balaban J connectivity index is 1.83. The number of non-ortho nitro benzene ring substituents is 1. The van der Waals surface area contributed by atoms with Crippen LogP contribution in [-0.2, 0) is 14.3 Å². The number of ether oxygens (including phenoxy) is 2. The normalized spacial score (nSPS) is 10.2. The number of nitrogens with zero attached hydrogens (tertiary/aromatic N) is 1. The predicted molar refractivity (Wildman–Crippen MR) is 109 cm³/mol. The number of hydrogen-bond acceptors (Lipinski definition) is 7. The monoisotopic (exact) mass is 414 g/mol. The molecule has 0 bridgehead atoms. The third-order valence-corrected chi connectivity index (χ3v) is 4.42. The Morgan fingerprint density at radius 2 is 1.77 bits per heavy atom. The van der Waals surface area contributed by atoms with Crippen LogP contribution < -0.4 is 10.1 Å². The lowest BCUT2D eigenvalue weighted by molar-refractivity contribution is -0.384. The molecule has 0 spiro atoms. The maximum Gasteiger partial charge on any atom is 0.306 e. The van der Waals surface area contributed by atoms with Crippen molar-refractivity contribution in [1.29, 1.82) is 0 Å². The number of methoxy groups -OCH3 is 1. The van der Waals surface area contributed by atoms with Gasteiger partial charge in [0, 0.05) is 18.1 Å². The van der Waals surface area contributed by atoms with Gasteiger partial charge in [0.05, 0.1) is 30.2 Å². The molecule has 0 heterocycles. The fourth-order valence-corrected chi connectivity index (χ4v) is 2.58. The summed E-state index contributed by atoms with van der Waals surface area (Å²) in [6.07, 6.45) is -0.182. The lowest BCUT2D eigenvalue weighted by Crippen LogP contribution is -2.21. The Kier molecular flexibility index (Phi) is 7.62. The molecule has 0 fully saturated rings. The van der Waals surface area contributed by atoms with E-state index < -0.39 is 23.4 Å². The number of Topliss-reactive ketones (excluding diaryl/α,β-unsaturated/α-hetero) is 1. The van der Waals surface area contributed by atoms with Gasteiger partial charge in [-0.1, -0.05) is 12.1 Å². The van der Waals surface area contributed by atoms with Crippen molar-refractivity contribution < 1.29 is 28.8 Å². The largest absolute Gasteiger partial charge is 0.494 e. The van der Waals surface area contributed by atoms with Crippen molar-refractivity contribution in [3.05, 3.63) is 63.2 Å². The van der Waals surface area contributed by atoms with Crippen LogP contribution in [0.5, 0.6) is 5.75 Å². The van der Waals surface area contributed by atoms with Crippen LogP contribution in [0.15, 0.2) is 36.4 Å². The van der Waals surface area contributed by atoms with E-state index in [-0.39, 0.29) is 35.7 Å². The van der Waals surface area contributed by atoms with E-state index in [0.29, 0.717) is 5.56 Å². The summed E-state index contributed by atoms with van der Waals surface area (Å²) in [5, 5.41) is 13.2. The SMILES string of the molecule is COc1cc([N+](=O)[O-])ccc1NC(=O)COC(=O)CCC(=O)c1ccc(C)c(C)c1. The van der Waals surface area contributed by atoms with Gasteiger partial charge in [-0.2, -0.15) is 0 Å². The summed E-state index contributed by atoms with van der Waals surface area (Å²) in [6, 6.07) is 9.02. The summed E-state index contributed by atoms with van der Waals surface area (Å²) >= 11 is 0. The highest BCUT2D eigenvalue weighted by Gasteiger charge is 2.15. The number of ketones is 1. The molecule has 158 valence electrons. The topological polar surface area (TPSA) is 125 Å². The van der Waals surface area contributed by atoms with E-state index in [1.54, 1.807) is 12.1 Å². The van der Waals surface area contributed by atoms with Crippen molar-refractivity contribution in [1.82, 2.24) is 0 Å². The van der Waals surface area contributed by atoms with E-state index in [1.165, 1.54) is 25.3 Å². The number of anilines is 1. The van der Waals surface area contributed by atoms with E-state index in [2.05, 4.69) is 5.32 Å². The Morgan fingerprint density at radius 3 is 2.40 bits per heavy atom. The van der Waals surface area contributed by atoms with Gasteiger partial charge in [0.15, 0.2) is 12.4 Å². The zero-order valence-corrected chi connectivity index (χ0v) is 16.9. The van der Waals surface area contributed by atoms with Crippen LogP contribution in [0.4, 0.5) is 11.4 Å². The van der Waals surface area contributed by atoms with E-state index in [4.69, 9.17) is 9.47 Å². The van der Waals surface area contributed by atoms with Gasteiger partial charge < -0.3 is 14.8 Å². The van der Waals surface area contributed by atoms with E-state index in [0.717, 1.165) is 11.1 Å². The molecule has 0 aromatic heterocycles. The predicted octanol–water partition coefficient (Wildman–Crippen LogP) is 3.37. The average molecular weight is 414 g/mol. The summed E-state index contributed by atoms with van der Waals surface area (Å²) in [6.45, 7) is 3.29. The number of rotatable bonds is 9. The first kappa shape index (κ1) is 22.5. The molecule has 1 N–H and O–H groups in total. The standard InChI is InChI=1S/C21H22N2O7/c1-13-4-5-15(10-14(13)2)18(24)8-9-21(26)30-12-20(25)22-17-7-6-16(23(27)28)11-19(17)29-3/h4-7,10-11H,8-9,12H2,1-3H3,(H,22,25). The molecular weight excluding hydrogens is 392 g/mol. The van der Waals surface area contributed by atoms with Crippen molar-refractivity contribution in [2.45, 2.75) is 26.7 Å². The minimum absolute atomic E-state index is 0.0286. The number of carbonyl (C=O) groups is 3. The van der Waals surface area contributed by atoms with E-state index >= 15 is 0 Å². The average Bonchev–Trinajstić information content (AvgIpc) is 2.72. The number of amides is 1. The van der Waals surface area contributed by atoms with Crippen LogP contribution in [0.1, 0.15) is 34.3 Å². The molecule has 9 heteroatoms. The summed E-state index contributed by atoms with van der Waals surface area (Å²) in [4.78, 5) is 46.2. The molecule has 1 amide bonds. The highest BCUT2D eigenvalue weighted by Crippen LogP contribution is 2.28. The molecule has 0 aliphatic carbocycles. The summed E-state index contributed by atoms with van der Waals surface area (Å²) < 4.78 is 9.91. The highest BCUT2D eigenvalue weighted by molar-refractivity contribution is 5.98. The highest BCUT2D eigenvalue weighted by atomic mass is 16.6. The van der Waals surface area contributed by atoms with Crippen molar-refractivity contribution >= 4 is 29.0 Å². The molecule has 30 heavy (non-hydrogen) atoms. The van der Waals surface area contributed by atoms with Crippen molar-refractivity contribution in [2.24, 2.45) is 0 Å². The second-order valence-corrected chi connectivity index (χ2v) is 6.57. The molecule has 0 atom stereocenters. The first-order chi connectivity index (χ1) is 14.2. The van der Waals surface area contributed by atoms with Crippen LogP contribution in [0.3, 0.4) is 0 Å². The maximum absolute atomic E-state index is 12.2. The minimum atomic E-state index is -0.682. The fourth-order valence-electron chi connectivity index (χ4n) is 2.58. The fraction of sp³-hybridized carbons (Fsp3) is 0.286. The minimum Gasteiger partial charge on any atom is -0.494 e. The molecule has 2 aromatic rings. The molecule has 0 radical (unpaired) electrons. The van der Waals surface area contributed by atoms with Crippen molar-refractivity contribution in [3.63, 3.8) is 0 Å². The van der Waals surface area contributed by atoms with Crippen molar-refractivity contribution in [3.8, 4) is 5.75 Å². The molecule has 2 rings (SSSR count). The quantitative estimate of drug-likeness (QED) is 0.289. The molecule has 0 aliphatic heterocycles. The van der Waals surface area contributed by atoms with Crippen LogP contribution in [0.2, 0.25) is 0 Å².